The van der Waals surface area contributed by atoms with Gasteiger partial charge in [0, 0.05) is 5.41 Å². The van der Waals surface area contributed by atoms with Crippen molar-refractivity contribution in [3.63, 3.8) is 0 Å². The Morgan fingerprint density at radius 1 is 1.40 bits per heavy atom. The molecular formula is C16H16O4. The van der Waals surface area contributed by atoms with Gasteiger partial charge in [-0.25, -0.2) is 9.59 Å². The lowest BCUT2D eigenvalue weighted by Crippen LogP contribution is -2.24. The number of allylic oxidation sites excluding steroid dienone is 2. The molecule has 104 valence electrons. The Labute approximate surface area is 117 Å². The van der Waals surface area contributed by atoms with Crippen molar-refractivity contribution in [3.05, 3.63) is 47.0 Å². The second kappa shape index (κ2) is 4.47. The molecule has 1 N–H and O–H groups in total. The maximum Gasteiger partial charge on any atom is 0.339 e. The highest BCUT2D eigenvalue weighted by molar-refractivity contribution is 6.04. The topological polar surface area (TPSA) is 63.6 Å². The molecule has 1 saturated carbocycles. The van der Waals surface area contributed by atoms with E-state index >= 15 is 0 Å². The molecule has 0 radical (unpaired) electrons. The number of benzene rings is 1. The summed E-state index contributed by atoms with van der Waals surface area (Å²) in [5.41, 5.74) is 0.822. The lowest BCUT2D eigenvalue weighted by Gasteiger charge is -2.27. The van der Waals surface area contributed by atoms with E-state index in [9.17, 15) is 14.7 Å². The summed E-state index contributed by atoms with van der Waals surface area (Å²) in [4.78, 5) is 23.5. The molecule has 4 heteroatoms. The van der Waals surface area contributed by atoms with Crippen LogP contribution in [0.1, 0.15) is 45.5 Å². The first kappa shape index (κ1) is 12.9. The first-order chi connectivity index (χ1) is 9.57. The Hall–Kier alpha value is -2.10. The van der Waals surface area contributed by atoms with Crippen LogP contribution in [-0.2, 0) is 10.2 Å². The molecule has 20 heavy (non-hydrogen) atoms. The highest BCUT2D eigenvalue weighted by atomic mass is 16.5. The fourth-order valence-electron chi connectivity index (χ4n) is 3.55. The van der Waals surface area contributed by atoms with Crippen molar-refractivity contribution in [1.82, 2.24) is 0 Å². The molecule has 1 aromatic carbocycles. The largest absolute Gasteiger partial charge is 0.478 e. The molecule has 2 bridgehead atoms. The van der Waals surface area contributed by atoms with Gasteiger partial charge in [0.1, 0.15) is 0 Å². The van der Waals surface area contributed by atoms with Crippen molar-refractivity contribution in [2.75, 3.05) is 7.11 Å². The second-order valence-corrected chi connectivity index (χ2v) is 5.54. The van der Waals surface area contributed by atoms with Crippen LogP contribution in [0.15, 0.2) is 30.4 Å². The third-order valence-electron chi connectivity index (χ3n) is 4.50. The second-order valence-electron chi connectivity index (χ2n) is 5.54. The van der Waals surface area contributed by atoms with Gasteiger partial charge < -0.3 is 9.84 Å². The summed E-state index contributed by atoms with van der Waals surface area (Å²) in [6, 6.07) is 5.02. The van der Waals surface area contributed by atoms with Crippen molar-refractivity contribution < 1.29 is 19.4 Å². The van der Waals surface area contributed by atoms with Gasteiger partial charge in [0.05, 0.1) is 18.2 Å². The minimum absolute atomic E-state index is 0.0208. The maximum absolute atomic E-state index is 12.1. The fraction of sp³-hybridized carbons (Fsp3) is 0.375. The quantitative estimate of drug-likeness (QED) is 0.679. The predicted molar refractivity (Wildman–Crippen MR) is 72.9 cm³/mol. The molecule has 0 saturated heterocycles. The van der Waals surface area contributed by atoms with Gasteiger partial charge in [-0.15, -0.1) is 0 Å². The minimum Gasteiger partial charge on any atom is -0.478 e. The molecule has 4 nitrogen and oxygen atoms in total. The van der Waals surface area contributed by atoms with Crippen molar-refractivity contribution in [2.45, 2.75) is 24.7 Å². The predicted octanol–water partition coefficient (Wildman–Crippen LogP) is 2.78. The fourth-order valence-corrected chi connectivity index (χ4v) is 3.55. The Morgan fingerprint density at radius 2 is 2.20 bits per heavy atom. The van der Waals surface area contributed by atoms with Crippen molar-refractivity contribution in [3.8, 4) is 0 Å². The molecule has 0 heterocycles. The number of carbonyl (C=O) groups is 2. The van der Waals surface area contributed by atoms with E-state index in [2.05, 4.69) is 12.2 Å². The van der Waals surface area contributed by atoms with Gasteiger partial charge in [0.2, 0.25) is 0 Å². The number of rotatable bonds is 3. The van der Waals surface area contributed by atoms with E-state index in [0.29, 0.717) is 5.92 Å². The molecule has 2 atom stereocenters. The molecule has 0 aromatic heterocycles. The minimum atomic E-state index is -1.10. The molecule has 0 spiro atoms. The number of methoxy groups -OCH3 is 1. The Morgan fingerprint density at radius 3 is 2.70 bits per heavy atom. The average Bonchev–Trinajstić information content (AvgIpc) is 3.07. The van der Waals surface area contributed by atoms with E-state index in [4.69, 9.17) is 4.74 Å². The maximum atomic E-state index is 12.1. The smallest absolute Gasteiger partial charge is 0.339 e. The van der Waals surface area contributed by atoms with Crippen LogP contribution >= 0.6 is 0 Å². The van der Waals surface area contributed by atoms with Gasteiger partial charge in [-0.1, -0.05) is 24.3 Å². The third kappa shape index (κ3) is 1.75. The van der Waals surface area contributed by atoms with E-state index in [1.165, 1.54) is 13.2 Å². The summed E-state index contributed by atoms with van der Waals surface area (Å²) in [6.07, 6.45) is 7.32. The third-order valence-corrected chi connectivity index (χ3v) is 4.50. The van der Waals surface area contributed by atoms with Gasteiger partial charge in [0.15, 0.2) is 0 Å². The van der Waals surface area contributed by atoms with Crippen LogP contribution in [0.3, 0.4) is 0 Å². The molecule has 0 amide bonds. The molecular weight excluding hydrogens is 256 g/mol. The standard InChI is InChI=1S/C16H16O4/c1-20-15(19)13-11(14(17)18)3-2-4-12(13)16-7-5-10(9-16)6-8-16/h2-5,7,10H,6,8-9H2,1H3,(H,17,18). The molecule has 0 aliphatic heterocycles. The van der Waals surface area contributed by atoms with Crippen LogP contribution in [0.4, 0.5) is 0 Å². The van der Waals surface area contributed by atoms with E-state index in [0.717, 1.165) is 24.8 Å². The number of ether oxygens (including phenoxy) is 1. The lowest BCUT2D eigenvalue weighted by atomic mass is 9.76. The van der Waals surface area contributed by atoms with Gasteiger partial charge in [-0.05, 0) is 36.8 Å². The highest BCUT2D eigenvalue weighted by Gasteiger charge is 2.44. The summed E-state index contributed by atoms with van der Waals surface area (Å²) >= 11 is 0. The summed E-state index contributed by atoms with van der Waals surface area (Å²) in [5, 5.41) is 9.32. The summed E-state index contributed by atoms with van der Waals surface area (Å²) in [5.74, 6) is -1.12. The summed E-state index contributed by atoms with van der Waals surface area (Å²) in [7, 11) is 1.28. The summed E-state index contributed by atoms with van der Waals surface area (Å²) < 4.78 is 4.80. The number of carboxylic acid groups (broad SMARTS) is 1. The van der Waals surface area contributed by atoms with Crippen molar-refractivity contribution in [1.29, 1.82) is 0 Å². The van der Waals surface area contributed by atoms with Crippen LogP contribution < -0.4 is 0 Å². The Balaban J connectivity index is 2.20. The van der Waals surface area contributed by atoms with Crippen molar-refractivity contribution >= 4 is 11.9 Å². The van der Waals surface area contributed by atoms with Crippen LogP contribution in [0, 0.1) is 5.92 Å². The zero-order chi connectivity index (χ0) is 14.3. The van der Waals surface area contributed by atoms with Crippen molar-refractivity contribution in [2.24, 2.45) is 5.92 Å². The van der Waals surface area contributed by atoms with Gasteiger partial charge in [-0.2, -0.15) is 0 Å². The van der Waals surface area contributed by atoms with E-state index < -0.39 is 11.9 Å². The van der Waals surface area contributed by atoms with E-state index in [1.807, 2.05) is 6.07 Å². The highest BCUT2D eigenvalue weighted by Crippen LogP contribution is 2.51. The monoisotopic (exact) mass is 272 g/mol. The molecule has 1 fully saturated rings. The van der Waals surface area contributed by atoms with E-state index in [1.54, 1.807) is 6.07 Å². The number of carbonyl (C=O) groups excluding carboxylic acids is 1. The zero-order valence-corrected chi connectivity index (χ0v) is 11.3. The van der Waals surface area contributed by atoms with Gasteiger partial charge in [-0.3, -0.25) is 0 Å². The number of hydrogen-bond acceptors (Lipinski definition) is 3. The van der Waals surface area contributed by atoms with Crippen LogP contribution in [0.2, 0.25) is 0 Å². The Kier molecular flexibility index (Phi) is 2.89. The SMILES string of the molecule is COC(=O)c1c(C(=O)O)cccc1C12C=CC(CC1)C2. The molecule has 2 unspecified atom stereocenters. The number of hydrogen-bond donors (Lipinski definition) is 1. The number of aromatic carboxylic acids is 1. The van der Waals surface area contributed by atoms with Gasteiger partial charge in [0.25, 0.3) is 0 Å². The molecule has 1 aromatic rings. The molecule has 2 aliphatic rings. The van der Waals surface area contributed by atoms with Gasteiger partial charge >= 0.3 is 11.9 Å². The lowest BCUT2D eigenvalue weighted by molar-refractivity contribution is 0.0580. The number of carboxylic acids is 1. The first-order valence-corrected chi connectivity index (χ1v) is 6.72. The first-order valence-electron chi connectivity index (χ1n) is 6.72. The molecule has 2 aliphatic carbocycles. The number of esters is 1. The normalized spacial score (nSPS) is 26.8. The average molecular weight is 272 g/mol. The summed E-state index contributed by atoms with van der Waals surface area (Å²) in [6.45, 7) is 0. The number of fused-ring (bicyclic) bond motifs is 2. The van der Waals surface area contributed by atoms with Crippen LogP contribution in [0.5, 0.6) is 0 Å². The van der Waals surface area contributed by atoms with Crippen LogP contribution in [0.25, 0.3) is 0 Å². The molecule has 3 rings (SSSR count). The Bertz CT molecular complexity index is 617. The van der Waals surface area contributed by atoms with Crippen LogP contribution in [-0.4, -0.2) is 24.2 Å². The van der Waals surface area contributed by atoms with E-state index in [-0.39, 0.29) is 16.5 Å². The zero-order valence-electron chi connectivity index (χ0n) is 11.3.